The number of amides is 3. The maximum Gasteiger partial charge on any atom is 0.331 e. The maximum atomic E-state index is 12.1. The van der Waals surface area contributed by atoms with Crippen LogP contribution >= 0.6 is 22.9 Å². The predicted molar refractivity (Wildman–Crippen MR) is 96.5 cm³/mol. The number of carbonyl (C=O) groups excluding carboxylic acids is 3. The minimum Gasteiger partial charge on any atom is -0.449 e. The van der Waals surface area contributed by atoms with Gasteiger partial charge in [-0.15, -0.1) is 11.3 Å². The van der Waals surface area contributed by atoms with E-state index in [0.29, 0.717) is 11.6 Å². The smallest absolute Gasteiger partial charge is 0.331 e. The summed E-state index contributed by atoms with van der Waals surface area (Å²) in [5, 5.41) is 4.02. The summed E-state index contributed by atoms with van der Waals surface area (Å²) in [5.74, 6) is -1.22. The fourth-order valence-electron chi connectivity index (χ4n) is 2.45. The highest BCUT2D eigenvalue weighted by atomic mass is 35.5. The van der Waals surface area contributed by atoms with Gasteiger partial charge in [-0.1, -0.05) is 29.8 Å². The predicted octanol–water partition coefficient (Wildman–Crippen LogP) is 3.05. The van der Waals surface area contributed by atoms with Gasteiger partial charge in [0.05, 0.1) is 5.02 Å². The second-order valence-electron chi connectivity index (χ2n) is 5.41. The van der Waals surface area contributed by atoms with Crippen molar-refractivity contribution in [2.75, 3.05) is 13.1 Å². The van der Waals surface area contributed by atoms with Gasteiger partial charge in [0, 0.05) is 34.1 Å². The van der Waals surface area contributed by atoms with Gasteiger partial charge in [-0.3, -0.25) is 9.69 Å². The average Bonchev–Trinajstić information content (AvgIpc) is 3.16. The third-order valence-corrected chi connectivity index (χ3v) is 5.35. The van der Waals surface area contributed by atoms with E-state index in [1.54, 1.807) is 6.08 Å². The number of ether oxygens (including phenoxy) is 1. The molecule has 0 spiro atoms. The van der Waals surface area contributed by atoms with Crippen LogP contribution in [0.4, 0.5) is 4.79 Å². The summed E-state index contributed by atoms with van der Waals surface area (Å²) in [6, 6.07) is 7.19. The number of hydrogen-bond acceptors (Lipinski definition) is 5. The molecule has 1 saturated heterocycles. The van der Waals surface area contributed by atoms with Gasteiger partial charge in [0.1, 0.15) is 0 Å². The minimum atomic E-state index is -1.04. The van der Waals surface area contributed by atoms with Gasteiger partial charge in [0.15, 0.2) is 6.10 Å². The van der Waals surface area contributed by atoms with Crippen molar-refractivity contribution in [2.45, 2.75) is 13.0 Å². The summed E-state index contributed by atoms with van der Waals surface area (Å²) in [5.41, 5.74) is 0. The molecule has 3 rings (SSSR count). The first-order chi connectivity index (χ1) is 12.0. The van der Waals surface area contributed by atoms with E-state index in [0.717, 1.165) is 19.9 Å². The molecule has 0 saturated carbocycles. The van der Waals surface area contributed by atoms with E-state index < -0.39 is 24.0 Å². The Morgan fingerprint density at radius 1 is 1.40 bits per heavy atom. The molecule has 0 aliphatic carbocycles. The molecule has 1 N–H and O–H groups in total. The molecule has 2 heterocycles. The van der Waals surface area contributed by atoms with Crippen molar-refractivity contribution in [3.8, 4) is 0 Å². The summed E-state index contributed by atoms with van der Waals surface area (Å²) in [6.07, 6.45) is 1.75. The number of nitrogens with one attached hydrogen (secondary N) is 1. The normalized spacial score (nSPS) is 15.6. The van der Waals surface area contributed by atoms with Crippen molar-refractivity contribution in [3.05, 3.63) is 40.2 Å². The van der Waals surface area contributed by atoms with Crippen LogP contribution in [0.15, 0.2) is 30.3 Å². The second kappa shape index (κ2) is 7.25. The van der Waals surface area contributed by atoms with Gasteiger partial charge in [-0.2, -0.15) is 0 Å². The first kappa shape index (κ1) is 17.4. The Morgan fingerprint density at radius 3 is 2.84 bits per heavy atom. The monoisotopic (exact) mass is 378 g/mol. The van der Waals surface area contributed by atoms with Gasteiger partial charge in [-0.05, 0) is 19.1 Å². The lowest BCUT2D eigenvalue weighted by Crippen LogP contribution is -2.41. The van der Waals surface area contributed by atoms with Gasteiger partial charge in [0.2, 0.25) is 0 Å². The highest BCUT2D eigenvalue weighted by molar-refractivity contribution is 7.20. The molecule has 1 aliphatic rings. The minimum absolute atomic E-state index is 0.271. The number of benzene rings is 1. The molecular formula is C17H15ClN2O4S. The molecule has 25 heavy (non-hydrogen) atoms. The number of esters is 1. The Bertz CT molecular complexity index is 877. The zero-order chi connectivity index (χ0) is 18.0. The van der Waals surface area contributed by atoms with E-state index >= 15 is 0 Å². The lowest BCUT2D eigenvalue weighted by molar-refractivity contribution is -0.153. The molecule has 1 aliphatic heterocycles. The van der Waals surface area contributed by atoms with Crippen LogP contribution in [-0.2, 0) is 14.3 Å². The van der Waals surface area contributed by atoms with Crippen LogP contribution < -0.4 is 5.32 Å². The molecule has 1 fully saturated rings. The van der Waals surface area contributed by atoms with Gasteiger partial charge >= 0.3 is 12.0 Å². The highest BCUT2D eigenvalue weighted by Crippen LogP contribution is 2.35. The molecule has 0 radical (unpaired) electrons. The molecular weight excluding hydrogens is 364 g/mol. The first-order valence-corrected chi connectivity index (χ1v) is 8.81. The Morgan fingerprint density at radius 2 is 2.16 bits per heavy atom. The Hall–Kier alpha value is -2.38. The highest BCUT2D eigenvalue weighted by Gasteiger charge is 2.31. The summed E-state index contributed by atoms with van der Waals surface area (Å²) < 4.78 is 6.09. The summed E-state index contributed by atoms with van der Waals surface area (Å²) in [6.45, 7) is 2.11. The van der Waals surface area contributed by atoms with Crippen LogP contribution in [0.1, 0.15) is 11.8 Å². The lowest BCUT2D eigenvalue weighted by Gasteiger charge is -2.17. The van der Waals surface area contributed by atoms with Crippen LogP contribution in [-0.4, -0.2) is 42.0 Å². The van der Waals surface area contributed by atoms with Crippen LogP contribution in [0.2, 0.25) is 5.02 Å². The van der Waals surface area contributed by atoms with Gasteiger partial charge < -0.3 is 10.1 Å². The lowest BCUT2D eigenvalue weighted by atomic mass is 10.2. The van der Waals surface area contributed by atoms with Crippen LogP contribution in [0, 0.1) is 0 Å². The molecule has 130 valence electrons. The van der Waals surface area contributed by atoms with Crippen molar-refractivity contribution < 1.29 is 19.1 Å². The third-order valence-electron chi connectivity index (χ3n) is 3.69. The van der Waals surface area contributed by atoms with Crippen LogP contribution in [0.25, 0.3) is 16.2 Å². The molecule has 0 bridgehead atoms. The van der Waals surface area contributed by atoms with Crippen molar-refractivity contribution in [1.82, 2.24) is 10.2 Å². The molecule has 6 nitrogen and oxygen atoms in total. The quantitative estimate of drug-likeness (QED) is 0.655. The van der Waals surface area contributed by atoms with Crippen LogP contribution in [0.3, 0.4) is 0 Å². The average molecular weight is 379 g/mol. The maximum absolute atomic E-state index is 12.1. The van der Waals surface area contributed by atoms with E-state index in [1.165, 1.54) is 24.3 Å². The topological polar surface area (TPSA) is 75.7 Å². The number of urea groups is 1. The fourth-order valence-corrected chi connectivity index (χ4v) is 3.85. The third kappa shape index (κ3) is 3.67. The molecule has 8 heteroatoms. The fraction of sp³-hybridized carbons (Fsp3) is 0.235. The molecule has 1 unspecified atom stereocenters. The number of nitrogens with zero attached hydrogens (tertiary/aromatic N) is 1. The second-order valence-corrected chi connectivity index (χ2v) is 6.87. The number of imide groups is 1. The largest absolute Gasteiger partial charge is 0.449 e. The van der Waals surface area contributed by atoms with Gasteiger partial charge in [-0.25, -0.2) is 9.59 Å². The van der Waals surface area contributed by atoms with E-state index in [4.69, 9.17) is 16.3 Å². The summed E-state index contributed by atoms with van der Waals surface area (Å²) in [4.78, 5) is 37.2. The number of thiophene rings is 1. The zero-order valence-corrected chi connectivity index (χ0v) is 14.9. The van der Waals surface area contributed by atoms with E-state index in [-0.39, 0.29) is 6.54 Å². The van der Waals surface area contributed by atoms with E-state index in [9.17, 15) is 14.4 Å². The van der Waals surface area contributed by atoms with Crippen molar-refractivity contribution in [2.24, 2.45) is 0 Å². The molecule has 3 amide bonds. The Labute approximate surface area is 153 Å². The van der Waals surface area contributed by atoms with Crippen LogP contribution in [0.5, 0.6) is 0 Å². The number of hydrogen-bond donors (Lipinski definition) is 1. The standard InChI is InChI=1S/C17H15ClN2O4S/c1-10(16(22)20-9-8-19-17(20)23)24-14(21)7-6-13-15(18)11-4-2-3-5-12(11)25-13/h2-7,10H,8-9H2,1H3,(H,19,23)/b7-6+. The van der Waals surface area contributed by atoms with Crippen molar-refractivity contribution >= 4 is 57.0 Å². The Kier molecular flexibility index (Phi) is 5.06. The molecule has 1 atom stereocenters. The van der Waals surface area contributed by atoms with Crippen molar-refractivity contribution in [1.29, 1.82) is 0 Å². The molecule has 1 aromatic carbocycles. The van der Waals surface area contributed by atoms with E-state index in [1.807, 2.05) is 24.3 Å². The van der Waals surface area contributed by atoms with Gasteiger partial charge in [0.25, 0.3) is 5.91 Å². The Balaban J connectivity index is 1.65. The van der Waals surface area contributed by atoms with Crippen molar-refractivity contribution in [3.63, 3.8) is 0 Å². The SMILES string of the molecule is CC(OC(=O)/C=C/c1sc2ccccc2c1Cl)C(=O)N1CCNC1=O. The zero-order valence-electron chi connectivity index (χ0n) is 13.3. The molecule has 1 aromatic heterocycles. The number of carbonyl (C=O) groups is 3. The number of rotatable bonds is 4. The number of fused-ring (bicyclic) bond motifs is 1. The summed E-state index contributed by atoms with van der Waals surface area (Å²) >= 11 is 7.76. The first-order valence-electron chi connectivity index (χ1n) is 7.62. The summed E-state index contributed by atoms with van der Waals surface area (Å²) in [7, 11) is 0. The number of halogens is 1. The van der Waals surface area contributed by atoms with E-state index in [2.05, 4.69) is 5.32 Å². The molecule has 2 aromatic rings.